The molecule has 0 saturated heterocycles. The van der Waals surface area contributed by atoms with Crippen molar-refractivity contribution in [2.75, 3.05) is 7.11 Å². The van der Waals surface area contributed by atoms with Gasteiger partial charge < -0.3 is 14.6 Å². The highest BCUT2D eigenvalue weighted by atomic mass is 16.5. The third-order valence-corrected chi connectivity index (χ3v) is 4.35. The van der Waals surface area contributed by atoms with Crippen LogP contribution in [0.2, 0.25) is 0 Å². The second-order valence-electron chi connectivity index (χ2n) is 6.48. The Morgan fingerprint density at radius 2 is 1.33 bits per heavy atom. The predicted octanol–water partition coefficient (Wildman–Crippen LogP) is 4.33. The summed E-state index contributed by atoms with van der Waals surface area (Å²) in [6.45, 7) is 0. The molecule has 0 atom stereocenters. The molecular weight excluding hydrogens is 380 g/mol. The number of benzene rings is 3. The molecule has 1 N–H and O–H groups in total. The molecule has 3 rings (SSSR count). The fourth-order valence-electron chi connectivity index (χ4n) is 2.67. The summed E-state index contributed by atoms with van der Waals surface area (Å²) in [5.41, 5.74) is 2.93. The molecule has 0 aliphatic heterocycles. The highest BCUT2D eigenvalue weighted by Gasteiger charge is 2.07. The summed E-state index contributed by atoms with van der Waals surface area (Å²) in [5, 5.41) is 8.88. The molecule has 30 heavy (non-hydrogen) atoms. The van der Waals surface area contributed by atoms with Gasteiger partial charge in [-0.25, -0.2) is 4.79 Å². The molecule has 0 heterocycles. The molecule has 5 heteroatoms. The molecule has 5 nitrogen and oxygen atoms in total. The highest BCUT2D eigenvalue weighted by molar-refractivity contribution is 5.87. The van der Waals surface area contributed by atoms with Crippen LogP contribution in [0.3, 0.4) is 0 Å². The number of ether oxygens (including phenoxy) is 2. The summed E-state index contributed by atoms with van der Waals surface area (Å²) in [6, 6.07) is 21.0. The lowest BCUT2D eigenvalue weighted by atomic mass is 10.1. The lowest BCUT2D eigenvalue weighted by Crippen LogP contribution is -2.09. The first-order valence-electron chi connectivity index (χ1n) is 9.32. The summed E-state index contributed by atoms with van der Waals surface area (Å²) >= 11 is 0. The number of hydrogen-bond donors (Lipinski definition) is 1. The van der Waals surface area contributed by atoms with E-state index in [0.717, 1.165) is 22.4 Å². The fraction of sp³-hybridized carbons (Fsp3) is 0.120. The quantitative estimate of drug-likeness (QED) is 0.379. The predicted molar refractivity (Wildman–Crippen MR) is 113 cm³/mol. The van der Waals surface area contributed by atoms with Crippen LogP contribution >= 0.6 is 0 Å². The maximum atomic E-state index is 12.0. The number of carboxylic acids is 1. The molecule has 0 saturated carbocycles. The van der Waals surface area contributed by atoms with Crippen LogP contribution in [0.5, 0.6) is 11.5 Å². The number of aryl methyl sites for hydroxylation is 1. The zero-order valence-corrected chi connectivity index (χ0v) is 16.4. The Morgan fingerprint density at radius 3 is 1.87 bits per heavy atom. The van der Waals surface area contributed by atoms with Gasteiger partial charge in [-0.15, -0.1) is 0 Å². The Kier molecular flexibility index (Phi) is 6.86. The van der Waals surface area contributed by atoms with Crippen molar-refractivity contribution in [1.82, 2.24) is 0 Å². The summed E-state index contributed by atoms with van der Waals surface area (Å²) in [7, 11) is 1.63. The van der Waals surface area contributed by atoms with Crippen molar-refractivity contribution in [3.63, 3.8) is 0 Å². The molecule has 0 aliphatic rings. The Bertz CT molecular complexity index is 1070. The maximum Gasteiger partial charge on any atom is 0.335 e. The number of aromatic carboxylic acids is 1. The molecule has 0 spiro atoms. The van der Waals surface area contributed by atoms with Gasteiger partial charge in [0.1, 0.15) is 11.5 Å². The first-order valence-corrected chi connectivity index (χ1v) is 9.32. The molecule has 0 radical (unpaired) electrons. The largest absolute Gasteiger partial charge is 0.497 e. The van der Waals surface area contributed by atoms with Gasteiger partial charge in [0.25, 0.3) is 0 Å². The summed E-state index contributed by atoms with van der Waals surface area (Å²) in [4.78, 5) is 22.8. The van der Waals surface area contributed by atoms with Crippen LogP contribution in [0.4, 0.5) is 0 Å². The number of esters is 1. The normalized spacial score (nSPS) is 9.90. The number of carbonyl (C=O) groups excluding carboxylic acids is 1. The van der Waals surface area contributed by atoms with E-state index in [1.807, 2.05) is 48.5 Å². The van der Waals surface area contributed by atoms with Gasteiger partial charge in [-0.1, -0.05) is 24.0 Å². The maximum absolute atomic E-state index is 12.0. The van der Waals surface area contributed by atoms with E-state index in [9.17, 15) is 9.59 Å². The Balaban J connectivity index is 1.51. The van der Waals surface area contributed by atoms with Crippen molar-refractivity contribution in [1.29, 1.82) is 0 Å². The third-order valence-electron chi connectivity index (χ3n) is 4.35. The van der Waals surface area contributed by atoms with E-state index in [1.54, 1.807) is 7.11 Å². The van der Waals surface area contributed by atoms with Gasteiger partial charge >= 0.3 is 11.9 Å². The second-order valence-corrected chi connectivity index (χ2v) is 6.48. The fourth-order valence-corrected chi connectivity index (χ4v) is 2.67. The van der Waals surface area contributed by atoms with E-state index in [4.69, 9.17) is 14.6 Å². The van der Waals surface area contributed by atoms with Gasteiger partial charge in [-0.05, 0) is 72.6 Å². The Morgan fingerprint density at radius 1 is 0.800 bits per heavy atom. The average Bonchev–Trinajstić information content (AvgIpc) is 2.77. The molecule has 3 aromatic rings. The summed E-state index contributed by atoms with van der Waals surface area (Å²) in [5.74, 6) is 5.94. The molecule has 0 unspecified atom stereocenters. The van der Waals surface area contributed by atoms with E-state index in [0.29, 0.717) is 12.2 Å². The zero-order valence-electron chi connectivity index (χ0n) is 16.4. The van der Waals surface area contributed by atoms with Crippen LogP contribution in [0.1, 0.15) is 33.5 Å². The molecule has 0 amide bonds. The van der Waals surface area contributed by atoms with Crippen molar-refractivity contribution in [2.24, 2.45) is 0 Å². The van der Waals surface area contributed by atoms with Crippen LogP contribution in [0.25, 0.3) is 0 Å². The van der Waals surface area contributed by atoms with Crippen molar-refractivity contribution in [3.05, 3.63) is 95.1 Å². The molecule has 0 aromatic heterocycles. The lowest BCUT2D eigenvalue weighted by molar-refractivity contribution is -0.134. The average molecular weight is 400 g/mol. The molecule has 0 bridgehead atoms. The lowest BCUT2D eigenvalue weighted by Gasteiger charge is -2.05. The van der Waals surface area contributed by atoms with E-state index < -0.39 is 5.97 Å². The van der Waals surface area contributed by atoms with Crippen LogP contribution in [-0.4, -0.2) is 24.2 Å². The molecule has 0 fully saturated rings. The summed E-state index contributed by atoms with van der Waals surface area (Å²) < 4.78 is 10.4. The van der Waals surface area contributed by atoms with Gasteiger partial charge in [0, 0.05) is 17.5 Å². The first kappa shape index (κ1) is 20.7. The van der Waals surface area contributed by atoms with Crippen molar-refractivity contribution >= 4 is 11.9 Å². The minimum atomic E-state index is -1.02. The SMILES string of the molecule is COc1ccc(C#Cc2ccc(CCC(=O)Oc3ccc(C(=O)O)cc3)cc2)cc1. The topological polar surface area (TPSA) is 72.8 Å². The molecule has 150 valence electrons. The monoisotopic (exact) mass is 400 g/mol. The zero-order chi connectivity index (χ0) is 21.3. The van der Waals surface area contributed by atoms with Crippen LogP contribution in [-0.2, 0) is 11.2 Å². The minimum Gasteiger partial charge on any atom is -0.497 e. The van der Waals surface area contributed by atoms with Crippen LogP contribution in [0, 0.1) is 11.8 Å². The number of methoxy groups -OCH3 is 1. The van der Waals surface area contributed by atoms with Crippen LogP contribution < -0.4 is 9.47 Å². The third kappa shape index (κ3) is 5.98. The van der Waals surface area contributed by atoms with E-state index in [1.165, 1.54) is 24.3 Å². The van der Waals surface area contributed by atoms with Gasteiger partial charge in [-0.2, -0.15) is 0 Å². The minimum absolute atomic E-state index is 0.143. The molecule has 3 aromatic carbocycles. The highest BCUT2D eigenvalue weighted by Crippen LogP contribution is 2.14. The van der Waals surface area contributed by atoms with Gasteiger partial charge in [0.15, 0.2) is 0 Å². The van der Waals surface area contributed by atoms with Crippen LogP contribution in [0.15, 0.2) is 72.8 Å². The second kappa shape index (κ2) is 9.94. The number of carbonyl (C=O) groups is 2. The number of carboxylic acid groups (broad SMARTS) is 1. The smallest absolute Gasteiger partial charge is 0.335 e. The standard InChI is InChI=1S/C25H20O5/c1-29-22-13-8-20(9-14-22)7-4-18-2-5-19(6-3-18)10-17-24(26)30-23-15-11-21(12-16-23)25(27)28/h2-3,5-6,8-9,11-16H,10,17H2,1H3,(H,27,28). The van der Waals surface area contributed by atoms with Gasteiger partial charge in [-0.3, -0.25) is 4.79 Å². The van der Waals surface area contributed by atoms with Crippen molar-refractivity contribution in [3.8, 4) is 23.3 Å². The summed E-state index contributed by atoms with van der Waals surface area (Å²) in [6.07, 6.45) is 0.760. The van der Waals surface area contributed by atoms with Crippen molar-refractivity contribution < 1.29 is 24.2 Å². The van der Waals surface area contributed by atoms with Gasteiger partial charge in [0.05, 0.1) is 12.7 Å². The Labute approximate surface area is 174 Å². The molecule has 0 aliphatic carbocycles. The van der Waals surface area contributed by atoms with E-state index in [2.05, 4.69) is 11.8 Å². The van der Waals surface area contributed by atoms with Crippen molar-refractivity contribution in [2.45, 2.75) is 12.8 Å². The number of hydrogen-bond acceptors (Lipinski definition) is 4. The van der Waals surface area contributed by atoms with Gasteiger partial charge in [0.2, 0.25) is 0 Å². The number of rotatable bonds is 6. The van der Waals surface area contributed by atoms with E-state index >= 15 is 0 Å². The molecular formula is C25H20O5. The van der Waals surface area contributed by atoms with E-state index in [-0.39, 0.29) is 18.0 Å². The Hall–Kier alpha value is -4.04. The first-order chi connectivity index (χ1) is 14.5.